The average molecular weight is 393 g/mol. The number of nitrogens with zero attached hydrogens (tertiary/aromatic N) is 2. The molecule has 1 aromatic heterocycles. The molecule has 0 atom stereocenters. The molecule has 1 amide bonds. The minimum atomic E-state index is -1.06. The zero-order chi connectivity index (χ0) is 20.7. The number of aromatic carboxylic acids is 1. The van der Waals surface area contributed by atoms with Crippen LogP contribution in [0.15, 0.2) is 36.4 Å². The number of ether oxygens (including phenoxy) is 2. The molecule has 0 bridgehead atoms. The van der Waals surface area contributed by atoms with E-state index in [2.05, 4.69) is 10.4 Å². The second-order valence-corrected chi connectivity index (χ2v) is 6.68. The SMILES string of the molecule is COc1cc2c(cc1OC)-c1c(c(C(=O)Nc3cccc(C(=O)O)c3)nn1C)C2. The molecule has 148 valence electrons. The second kappa shape index (κ2) is 6.97. The molecule has 0 fully saturated rings. The Morgan fingerprint density at radius 3 is 2.55 bits per heavy atom. The smallest absolute Gasteiger partial charge is 0.335 e. The molecule has 1 aliphatic rings. The quantitative estimate of drug-likeness (QED) is 0.540. The summed E-state index contributed by atoms with van der Waals surface area (Å²) in [5.41, 5.74) is 4.42. The summed E-state index contributed by atoms with van der Waals surface area (Å²) in [6.07, 6.45) is 0.538. The number of amides is 1. The monoisotopic (exact) mass is 393 g/mol. The maximum absolute atomic E-state index is 12.9. The van der Waals surface area contributed by atoms with Gasteiger partial charge in [0.15, 0.2) is 17.2 Å². The average Bonchev–Trinajstić information content (AvgIpc) is 3.23. The van der Waals surface area contributed by atoms with Crippen LogP contribution in [0.4, 0.5) is 5.69 Å². The number of benzene rings is 2. The number of fused-ring (bicyclic) bond motifs is 3. The molecule has 0 aliphatic heterocycles. The fourth-order valence-electron chi connectivity index (χ4n) is 3.65. The Morgan fingerprint density at radius 2 is 1.86 bits per heavy atom. The number of nitrogens with one attached hydrogen (secondary N) is 1. The van der Waals surface area contributed by atoms with Gasteiger partial charge in [0.1, 0.15) is 0 Å². The number of carbonyl (C=O) groups is 2. The third kappa shape index (κ3) is 3.08. The largest absolute Gasteiger partial charge is 0.493 e. The molecule has 8 nitrogen and oxygen atoms in total. The number of carboxylic acid groups (broad SMARTS) is 1. The Hall–Kier alpha value is -3.81. The van der Waals surface area contributed by atoms with Gasteiger partial charge in [0.2, 0.25) is 0 Å². The number of carbonyl (C=O) groups excluding carboxylic acids is 1. The van der Waals surface area contributed by atoms with Crippen molar-refractivity contribution in [2.24, 2.45) is 7.05 Å². The maximum Gasteiger partial charge on any atom is 0.335 e. The van der Waals surface area contributed by atoms with Crippen molar-refractivity contribution in [3.63, 3.8) is 0 Å². The topological polar surface area (TPSA) is 103 Å². The molecule has 0 radical (unpaired) electrons. The molecule has 3 aromatic rings. The first kappa shape index (κ1) is 18.5. The standard InChI is InChI=1S/C21H19N3O5/c1-24-19-14-10-17(29-3)16(28-2)9-12(14)8-15(19)18(23-24)20(25)22-13-6-4-5-11(7-13)21(26)27/h4-7,9-10H,8H2,1-3H3,(H,22,25)(H,26,27). The first-order valence-corrected chi connectivity index (χ1v) is 8.88. The Balaban J connectivity index is 1.69. The van der Waals surface area contributed by atoms with E-state index in [1.807, 2.05) is 12.1 Å². The predicted octanol–water partition coefficient (Wildman–Crippen LogP) is 2.96. The summed E-state index contributed by atoms with van der Waals surface area (Å²) in [4.78, 5) is 24.0. The lowest BCUT2D eigenvalue weighted by molar-refractivity contribution is 0.0696. The number of anilines is 1. The van der Waals surface area contributed by atoms with E-state index >= 15 is 0 Å². The van der Waals surface area contributed by atoms with Crippen LogP contribution in [0.1, 0.15) is 32.0 Å². The third-order valence-corrected chi connectivity index (χ3v) is 4.96. The number of hydrogen-bond acceptors (Lipinski definition) is 5. The lowest BCUT2D eigenvalue weighted by Gasteiger charge is -2.11. The fourth-order valence-corrected chi connectivity index (χ4v) is 3.65. The van der Waals surface area contributed by atoms with Crippen LogP contribution in [0.5, 0.6) is 11.5 Å². The van der Waals surface area contributed by atoms with Crippen LogP contribution in [0.2, 0.25) is 0 Å². The molecule has 0 spiro atoms. The van der Waals surface area contributed by atoms with Gasteiger partial charge in [-0.05, 0) is 35.9 Å². The zero-order valence-electron chi connectivity index (χ0n) is 16.1. The molecule has 1 aliphatic carbocycles. The lowest BCUT2D eigenvalue weighted by atomic mass is 10.1. The highest BCUT2D eigenvalue weighted by molar-refractivity contribution is 6.06. The van der Waals surface area contributed by atoms with Crippen molar-refractivity contribution in [1.82, 2.24) is 9.78 Å². The van der Waals surface area contributed by atoms with E-state index in [0.717, 1.165) is 22.4 Å². The Labute approximate surface area is 166 Å². The Bertz CT molecular complexity index is 1150. The zero-order valence-corrected chi connectivity index (χ0v) is 16.1. The maximum atomic E-state index is 12.9. The highest BCUT2D eigenvalue weighted by Crippen LogP contribution is 2.43. The second-order valence-electron chi connectivity index (χ2n) is 6.68. The fraction of sp³-hybridized carbons (Fsp3) is 0.190. The van der Waals surface area contributed by atoms with E-state index in [4.69, 9.17) is 14.6 Å². The highest BCUT2D eigenvalue weighted by Gasteiger charge is 2.31. The molecule has 0 unspecified atom stereocenters. The molecule has 2 N–H and O–H groups in total. The van der Waals surface area contributed by atoms with Gasteiger partial charge in [0, 0.05) is 30.3 Å². The van der Waals surface area contributed by atoms with E-state index < -0.39 is 11.9 Å². The molecule has 8 heteroatoms. The summed E-state index contributed by atoms with van der Waals surface area (Å²) in [6, 6.07) is 9.89. The van der Waals surface area contributed by atoms with Crippen LogP contribution < -0.4 is 14.8 Å². The van der Waals surface area contributed by atoms with Gasteiger partial charge in [-0.2, -0.15) is 5.10 Å². The van der Waals surface area contributed by atoms with Crippen molar-refractivity contribution in [3.8, 4) is 22.8 Å². The van der Waals surface area contributed by atoms with E-state index in [1.54, 1.807) is 38.1 Å². The molecule has 2 aromatic carbocycles. The third-order valence-electron chi connectivity index (χ3n) is 4.96. The molecular weight excluding hydrogens is 374 g/mol. The minimum Gasteiger partial charge on any atom is -0.493 e. The number of methoxy groups -OCH3 is 2. The van der Waals surface area contributed by atoms with Gasteiger partial charge in [-0.3, -0.25) is 9.48 Å². The number of carboxylic acids is 1. The molecule has 0 saturated carbocycles. The first-order chi connectivity index (χ1) is 13.9. The van der Waals surface area contributed by atoms with E-state index in [0.29, 0.717) is 29.3 Å². The summed E-state index contributed by atoms with van der Waals surface area (Å²) in [5, 5.41) is 16.3. The predicted molar refractivity (Wildman–Crippen MR) is 106 cm³/mol. The van der Waals surface area contributed by atoms with E-state index in [9.17, 15) is 9.59 Å². The highest BCUT2D eigenvalue weighted by atomic mass is 16.5. The van der Waals surface area contributed by atoms with Crippen LogP contribution in [-0.4, -0.2) is 41.0 Å². The van der Waals surface area contributed by atoms with Crippen molar-refractivity contribution >= 4 is 17.6 Å². The van der Waals surface area contributed by atoms with Crippen LogP contribution in [-0.2, 0) is 13.5 Å². The lowest BCUT2D eigenvalue weighted by Crippen LogP contribution is -2.15. The van der Waals surface area contributed by atoms with E-state index in [-0.39, 0.29) is 5.56 Å². The van der Waals surface area contributed by atoms with Crippen molar-refractivity contribution in [2.45, 2.75) is 6.42 Å². The van der Waals surface area contributed by atoms with Gasteiger partial charge in [-0.15, -0.1) is 0 Å². The molecular formula is C21H19N3O5. The molecule has 1 heterocycles. The molecule has 29 heavy (non-hydrogen) atoms. The van der Waals surface area contributed by atoms with Crippen molar-refractivity contribution in [3.05, 3.63) is 58.8 Å². The van der Waals surface area contributed by atoms with Gasteiger partial charge in [-0.1, -0.05) is 6.07 Å². The summed E-state index contributed by atoms with van der Waals surface area (Å²) in [7, 11) is 4.94. The van der Waals surface area contributed by atoms with Crippen molar-refractivity contribution < 1.29 is 24.2 Å². The van der Waals surface area contributed by atoms with Crippen LogP contribution in [0, 0.1) is 0 Å². The number of hydrogen-bond donors (Lipinski definition) is 2. The van der Waals surface area contributed by atoms with Crippen molar-refractivity contribution in [2.75, 3.05) is 19.5 Å². The van der Waals surface area contributed by atoms with Gasteiger partial charge in [0.25, 0.3) is 5.91 Å². The first-order valence-electron chi connectivity index (χ1n) is 8.88. The Morgan fingerprint density at radius 1 is 1.14 bits per heavy atom. The minimum absolute atomic E-state index is 0.0978. The summed E-state index contributed by atoms with van der Waals surface area (Å²) >= 11 is 0. The summed E-state index contributed by atoms with van der Waals surface area (Å²) in [6.45, 7) is 0. The number of aromatic nitrogens is 2. The van der Waals surface area contributed by atoms with Gasteiger partial charge in [-0.25, -0.2) is 4.79 Å². The molecule has 4 rings (SSSR count). The van der Waals surface area contributed by atoms with Crippen LogP contribution in [0.3, 0.4) is 0 Å². The van der Waals surface area contributed by atoms with Gasteiger partial charge >= 0.3 is 5.97 Å². The van der Waals surface area contributed by atoms with Crippen molar-refractivity contribution in [1.29, 1.82) is 0 Å². The van der Waals surface area contributed by atoms with Crippen LogP contribution in [0.25, 0.3) is 11.3 Å². The van der Waals surface area contributed by atoms with Gasteiger partial charge < -0.3 is 19.9 Å². The summed E-state index contributed by atoms with van der Waals surface area (Å²) in [5.74, 6) is -0.213. The van der Waals surface area contributed by atoms with Crippen LogP contribution >= 0.6 is 0 Å². The summed E-state index contributed by atoms with van der Waals surface area (Å²) < 4.78 is 12.5. The normalized spacial score (nSPS) is 11.6. The number of rotatable bonds is 5. The number of aryl methyl sites for hydroxylation is 1. The Kier molecular flexibility index (Phi) is 4.46. The van der Waals surface area contributed by atoms with Gasteiger partial charge in [0.05, 0.1) is 25.5 Å². The molecule has 0 saturated heterocycles. The van der Waals surface area contributed by atoms with E-state index in [1.165, 1.54) is 12.1 Å².